The normalized spacial score (nSPS) is 10.5. The van der Waals surface area contributed by atoms with Crippen LogP contribution in [-0.2, 0) is 0 Å². The lowest BCUT2D eigenvalue weighted by Crippen LogP contribution is -2.30. The first-order valence-electron chi connectivity index (χ1n) is 6.84. The van der Waals surface area contributed by atoms with Gasteiger partial charge in [-0.15, -0.1) is 11.3 Å². The summed E-state index contributed by atoms with van der Waals surface area (Å²) in [5.41, 5.74) is 5.52. The highest BCUT2D eigenvalue weighted by Crippen LogP contribution is 2.34. The van der Waals surface area contributed by atoms with Gasteiger partial charge in [-0.25, -0.2) is 10.8 Å². The van der Waals surface area contributed by atoms with E-state index in [1.54, 1.807) is 17.4 Å². The molecule has 4 nitrogen and oxygen atoms in total. The van der Waals surface area contributed by atoms with Gasteiger partial charge in [0.15, 0.2) is 0 Å². The number of benzene rings is 2. The van der Waals surface area contributed by atoms with E-state index < -0.39 is 0 Å². The quantitative estimate of drug-likeness (QED) is 0.443. The van der Waals surface area contributed by atoms with Gasteiger partial charge in [-0.1, -0.05) is 48.5 Å². The van der Waals surface area contributed by atoms with E-state index in [1.807, 2.05) is 55.5 Å². The number of nitrogens with two attached hydrogens (primary N) is 1. The van der Waals surface area contributed by atoms with Crippen molar-refractivity contribution < 1.29 is 4.79 Å². The van der Waals surface area contributed by atoms with Crippen LogP contribution in [0.3, 0.4) is 0 Å². The van der Waals surface area contributed by atoms with E-state index in [4.69, 9.17) is 10.8 Å². The topological polar surface area (TPSA) is 68.0 Å². The molecule has 3 aromatic rings. The van der Waals surface area contributed by atoms with Crippen LogP contribution in [0.1, 0.15) is 15.2 Å². The summed E-state index contributed by atoms with van der Waals surface area (Å²) in [6.07, 6.45) is 0. The second-order valence-corrected chi connectivity index (χ2v) is 6.01. The molecule has 1 aromatic heterocycles. The summed E-state index contributed by atoms with van der Waals surface area (Å²) in [6.45, 7) is 2.04. The fourth-order valence-corrected chi connectivity index (χ4v) is 3.30. The zero-order chi connectivity index (χ0) is 15.5. The van der Waals surface area contributed by atoms with E-state index >= 15 is 0 Å². The Morgan fingerprint density at radius 3 is 2.50 bits per heavy atom. The SMILES string of the molecule is Cc1sc(-c2ccccc2C(=O)NN)nc1-c1ccccc1. The highest BCUT2D eigenvalue weighted by molar-refractivity contribution is 7.15. The van der Waals surface area contributed by atoms with Crippen molar-refractivity contribution in [1.29, 1.82) is 0 Å². The Hall–Kier alpha value is -2.50. The van der Waals surface area contributed by atoms with E-state index in [-0.39, 0.29) is 5.91 Å². The van der Waals surface area contributed by atoms with E-state index in [9.17, 15) is 4.79 Å². The third-order valence-corrected chi connectivity index (χ3v) is 4.38. The van der Waals surface area contributed by atoms with Crippen molar-refractivity contribution in [1.82, 2.24) is 10.4 Å². The van der Waals surface area contributed by atoms with Gasteiger partial charge in [-0.2, -0.15) is 0 Å². The molecule has 0 aliphatic rings. The number of hydrogen-bond donors (Lipinski definition) is 2. The summed E-state index contributed by atoms with van der Waals surface area (Å²) in [7, 11) is 0. The summed E-state index contributed by atoms with van der Waals surface area (Å²) in [4.78, 5) is 17.8. The van der Waals surface area contributed by atoms with Crippen LogP contribution >= 0.6 is 11.3 Å². The molecule has 0 aliphatic heterocycles. The van der Waals surface area contributed by atoms with Crippen LogP contribution in [0.15, 0.2) is 54.6 Å². The number of amides is 1. The minimum atomic E-state index is -0.315. The Bertz CT molecular complexity index is 812. The average molecular weight is 309 g/mol. The molecule has 0 aliphatic carbocycles. The van der Waals surface area contributed by atoms with Gasteiger partial charge in [-0.3, -0.25) is 10.2 Å². The first-order valence-corrected chi connectivity index (χ1v) is 7.65. The molecular weight excluding hydrogens is 294 g/mol. The highest BCUT2D eigenvalue weighted by Gasteiger charge is 2.16. The summed E-state index contributed by atoms with van der Waals surface area (Å²) in [5.74, 6) is 4.95. The van der Waals surface area contributed by atoms with Crippen LogP contribution in [0.2, 0.25) is 0 Å². The maximum atomic E-state index is 11.9. The predicted molar refractivity (Wildman–Crippen MR) is 89.4 cm³/mol. The van der Waals surface area contributed by atoms with Crippen LogP contribution in [0.25, 0.3) is 21.8 Å². The van der Waals surface area contributed by atoms with Gasteiger partial charge < -0.3 is 0 Å². The van der Waals surface area contributed by atoms with Crippen molar-refractivity contribution in [3.8, 4) is 21.8 Å². The van der Waals surface area contributed by atoms with Gasteiger partial charge in [0, 0.05) is 16.0 Å². The molecule has 0 saturated heterocycles. The van der Waals surface area contributed by atoms with Gasteiger partial charge in [0.2, 0.25) is 0 Å². The summed E-state index contributed by atoms with van der Waals surface area (Å²) < 4.78 is 0. The number of nitrogens with one attached hydrogen (secondary N) is 1. The third-order valence-electron chi connectivity index (χ3n) is 3.38. The second-order valence-electron chi connectivity index (χ2n) is 4.81. The standard InChI is InChI=1S/C17H15N3OS/c1-11-15(12-7-3-2-4-8-12)19-17(22-11)14-10-6-5-9-13(14)16(21)20-18/h2-10H,18H2,1H3,(H,20,21). The van der Waals surface area contributed by atoms with Crippen LogP contribution in [0.4, 0.5) is 0 Å². The number of carbonyl (C=O) groups excluding carboxylic acids is 1. The largest absolute Gasteiger partial charge is 0.290 e. The highest BCUT2D eigenvalue weighted by atomic mass is 32.1. The van der Waals surface area contributed by atoms with Crippen molar-refractivity contribution in [2.75, 3.05) is 0 Å². The molecule has 0 bridgehead atoms. The fourth-order valence-electron chi connectivity index (χ4n) is 2.32. The molecule has 0 spiro atoms. The van der Waals surface area contributed by atoms with Crippen LogP contribution in [-0.4, -0.2) is 10.9 Å². The van der Waals surface area contributed by atoms with Gasteiger partial charge in [0.05, 0.1) is 11.3 Å². The lowest BCUT2D eigenvalue weighted by Gasteiger charge is -2.05. The molecule has 0 unspecified atom stereocenters. The molecule has 0 saturated carbocycles. The number of aryl methyl sites for hydroxylation is 1. The maximum absolute atomic E-state index is 11.9. The summed E-state index contributed by atoms with van der Waals surface area (Å²) >= 11 is 1.57. The van der Waals surface area contributed by atoms with Crippen LogP contribution < -0.4 is 11.3 Å². The minimum Gasteiger partial charge on any atom is -0.290 e. The fraction of sp³-hybridized carbons (Fsp3) is 0.0588. The van der Waals surface area contributed by atoms with Crippen LogP contribution in [0, 0.1) is 6.92 Å². The molecule has 2 aromatic carbocycles. The number of hydrazine groups is 1. The number of aromatic nitrogens is 1. The number of carbonyl (C=O) groups is 1. The third kappa shape index (κ3) is 2.64. The molecular formula is C17H15N3OS. The molecule has 0 fully saturated rings. The zero-order valence-corrected chi connectivity index (χ0v) is 12.9. The van der Waals surface area contributed by atoms with Crippen molar-refractivity contribution in [3.63, 3.8) is 0 Å². The van der Waals surface area contributed by atoms with Gasteiger partial charge in [0.1, 0.15) is 5.01 Å². The number of nitrogens with zero attached hydrogens (tertiary/aromatic N) is 1. The Labute approximate surface area is 132 Å². The predicted octanol–water partition coefficient (Wildman–Crippen LogP) is 3.39. The smallest absolute Gasteiger partial charge is 0.265 e. The van der Waals surface area contributed by atoms with Gasteiger partial charge in [-0.05, 0) is 13.0 Å². The van der Waals surface area contributed by atoms with Crippen molar-refractivity contribution in [2.45, 2.75) is 6.92 Å². The van der Waals surface area contributed by atoms with Crippen molar-refractivity contribution in [2.24, 2.45) is 5.84 Å². The van der Waals surface area contributed by atoms with Gasteiger partial charge >= 0.3 is 0 Å². The molecule has 3 N–H and O–H groups in total. The summed E-state index contributed by atoms with van der Waals surface area (Å²) in [6, 6.07) is 17.4. The lowest BCUT2D eigenvalue weighted by atomic mass is 10.1. The monoisotopic (exact) mass is 309 g/mol. The van der Waals surface area contributed by atoms with Crippen LogP contribution in [0.5, 0.6) is 0 Å². The Morgan fingerprint density at radius 1 is 1.09 bits per heavy atom. The molecule has 22 heavy (non-hydrogen) atoms. The van der Waals surface area contributed by atoms with E-state index in [0.29, 0.717) is 5.56 Å². The maximum Gasteiger partial charge on any atom is 0.265 e. The Kier molecular flexibility index (Phi) is 4.00. The molecule has 3 rings (SSSR count). The number of thiazole rings is 1. The molecule has 1 amide bonds. The molecule has 5 heteroatoms. The average Bonchev–Trinajstić information content (AvgIpc) is 2.96. The Balaban J connectivity index is 2.10. The second kappa shape index (κ2) is 6.09. The molecule has 110 valence electrons. The molecule has 0 radical (unpaired) electrons. The molecule has 0 atom stereocenters. The van der Waals surface area contributed by atoms with Gasteiger partial charge in [0.25, 0.3) is 5.91 Å². The zero-order valence-electron chi connectivity index (χ0n) is 12.0. The van der Waals surface area contributed by atoms with Crippen molar-refractivity contribution >= 4 is 17.2 Å². The first kappa shape index (κ1) is 14.4. The molecule has 1 heterocycles. The lowest BCUT2D eigenvalue weighted by molar-refractivity contribution is 0.0954. The number of nitrogen functional groups attached to an aromatic ring is 1. The number of hydrogen-bond acceptors (Lipinski definition) is 4. The number of rotatable bonds is 3. The van der Waals surface area contributed by atoms with E-state index in [2.05, 4.69) is 5.43 Å². The van der Waals surface area contributed by atoms with E-state index in [1.165, 1.54) is 0 Å². The summed E-state index contributed by atoms with van der Waals surface area (Å²) in [5, 5.41) is 0.815. The van der Waals surface area contributed by atoms with E-state index in [0.717, 1.165) is 26.7 Å². The van der Waals surface area contributed by atoms with Crippen molar-refractivity contribution in [3.05, 3.63) is 65.0 Å². The first-order chi connectivity index (χ1) is 10.7. The Morgan fingerprint density at radius 2 is 1.77 bits per heavy atom. The minimum absolute atomic E-state index is 0.315.